The molecule has 0 radical (unpaired) electrons. The van der Waals surface area contributed by atoms with Crippen molar-refractivity contribution in [3.63, 3.8) is 0 Å². The molecule has 1 amide bonds. The first-order valence-corrected chi connectivity index (χ1v) is 7.50. The van der Waals surface area contributed by atoms with Crippen LogP contribution in [0.25, 0.3) is 11.4 Å². The molecule has 1 atom stereocenters. The van der Waals surface area contributed by atoms with E-state index in [9.17, 15) is 4.79 Å². The topological polar surface area (TPSA) is 87.9 Å². The highest BCUT2D eigenvalue weighted by atomic mass is 16.3. The number of aromatic amines is 1. The summed E-state index contributed by atoms with van der Waals surface area (Å²) in [5.41, 5.74) is 0.893. The van der Waals surface area contributed by atoms with Gasteiger partial charge >= 0.3 is 0 Å². The normalized spacial score (nSPS) is 17.6. The quantitative estimate of drug-likeness (QED) is 0.803. The minimum atomic E-state index is -0.112. The number of carbonyl (C=O) groups excluding carboxylic acids is 1. The maximum atomic E-state index is 12.5. The van der Waals surface area contributed by atoms with Gasteiger partial charge in [0.1, 0.15) is 5.82 Å². The van der Waals surface area contributed by atoms with Gasteiger partial charge in [-0.1, -0.05) is 0 Å². The lowest BCUT2D eigenvalue weighted by molar-refractivity contribution is 0.0697. The summed E-state index contributed by atoms with van der Waals surface area (Å²) in [5, 5.41) is 7.23. The Balaban J connectivity index is 1.60. The number of furan rings is 1. The molecule has 1 fully saturated rings. The third kappa shape index (κ3) is 2.50. The van der Waals surface area contributed by atoms with E-state index in [1.54, 1.807) is 29.4 Å². The summed E-state index contributed by atoms with van der Waals surface area (Å²) in [6.07, 6.45) is 6.70. The average molecular weight is 309 g/mol. The Morgan fingerprint density at radius 2 is 2.17 bits per heavy atom. The maximum Gasteiger partial charge on any atom is 0.290 e. The number of carbonyl (C=O) groups is 1. The van der Waals surface area contributed by atoms with E-state index >= 15 is 0 Å². The highest BCUT2D eigenvalue weighted by Gasteiger charge is 2.34. The molecular formula is C16H15N5O2. The Labute approximate surface area is 132 Å². The molecule has 1 aliphatic heterocycles. The van der Waals surface area contributed by atoms with Crippen LogP contribution in [0.2, 0.25) is 0 Å². The van der Waals surface area contributed by atoms with Crippen LogP contribution in [-0.2, 0) is 0 Å². The number of H-pyrrole nitrogens is 1. The Hall–Kier alpha value is -2.96. The largest absolute Gasteiger partial charge is 0.459 e. The van der Waals surface area contributed by atoms with Crippen LogP contribution in [0, 0.1) is 0 Å². The highest BCUT2D eigenvalue weighted by molar-refractivity contribution is 5.91. The van der Waals surface area contributed by atoms with E-state index < -0.39 is 0 Å². The molecule has 1 aliphatic rings. The lowest BCUT2D eigenvalue weighted by atomic mass is 10.2. The molecule has 7 heteroatoms. The molecule has 116 valence electrons. The lowest BCUT2D eigenvalue weighted by Gasteiger charge is -2.21. The first-order valence-electron chi connectivity index (χ1n) is 7.50. The first kappa shape index (κ1) is 13.7. The Morgan fingerprint density at radius 3 is 2.96 bits per heavy atom. The minimum absolute atomic E-state index is 0.101. The molecule has 3 aromatic heterocycles. The van der Waals surface area contributed by atoms with Crippen molar-refractivity contribution in [1.29, 1.82) is 0 Å². The van der Waals surface area contributed by atoms with Crippen LogP contribution in [0.4, 0.5) is 0 Å². The predicted octanol–water partition coefficient (Wildman–Crippen LogP) is 2.44. The zero-order valence-corrected chi connectivity index (χ0v) is 12.3. The summed E-state index contributed by atoms with van der Waals surface area (Å²) in [6, 6.07) is 7.01. The minimum Gasteiger partial charge on any atom is -0.459 e. The molecular weight excluding hydrogens is 294 g/mol. The summed E-state index contributed by atoms with van der Waals surface area (Å²) >= 11 is 0. The van der Waals surface area contributed by atoms with Crippen LogP contribution in [-0.4, -0.2) is 37.5 Å². The van der Waals surface area contributed by atoms with Crippen LogP contribution in [0.3, 0.4) is 0 Å². The molecule has 3 aromatic rings. The van der Waals surface area contributed by atoms with E-state index in [-0.39, 0.29) is 11.9 Å². The van der Waals surface area contributed by atoms with E-state index in [1.165, 1.54) is 6.26 Å². The fourth-order valence-corrected chi connectivity index (χ4v) is 2.89. The standard InChI is InChI=1S/C16H15N5O2/c22-16(13-4-2-10-23-13)21-9-1-3-12(21)15-18-14(19-20-15)11-5-7-17-8-6-11/h2,4-8,10,12H,1,3,9H2,(H,18,19,20)/t12-/m1/s1. The lowest BCUT2D eigenvalue weighted by Crippen LogP contribution is -2.30. The van der Waals surface area contributed by atoms with Crippen molar-refractivity contribution in [2.45, 2.75) is 18.9 Å². The molecule has 23 heavy (non-hydrogen) atoms. The van der Waals surface area contributed by atoms with Gasteiger partial charge in [-0.25, -0.2) is 4.98 Å². The third-order valence-electron chi connectivity index (χ3n) is 4.00. The zero-order chi connectivity index (χ0) is 15.6. The predicted molar refractivity (Wildman–Crippen MR) is 81.3 cm³/mol. The number of amides is 1. The van der Waals surface area contributed by atoms with Crippen molar-refractivity contribution in [1.82, 2.24) is 25.1 Å². The first-order chi connectivity index (χ1) is 11.3. The van der Waals surface area contributed by atoms with Gasteiger partial charge in [-0.2, -0.15) is 5.10 Å². The van der Waals surface area contributed by atoms with Crippen LogP contribution in [0.15, 0.2) is 47.3 Å². The summed E-state index contributed by atoms with van der Waals surface area (Å²) in [7, 11) is 0. The van der Waals surface area contributed by atoms with Crippen molar-refractivity contribution < 1.29 is 9.21 Å². The Bertz CT molecular complexity index is 797. The molecule has 0 saturated carbocycles. The second-order valence-electron chi connectivity index (χ2n) is 5.41. The van der Waals surface area contributed by atoms with E-state index in [1.807, 2.05) is 12.1 Å². The van der Waals surface area contributed by atoms with Gasteiger partial charge in [0.05, 0.1) is 12.3 Å². The molecule has 4 rings (SSSR count). The van der Waals surface area contributed by atoms with E-state index in [0.717, 1.165) is 18.4 Å². The van der Waals surface area contributed by atoms with Gasteiger partial charge in [-0.05, 0) is 37.1 Å². The molecule has 7 nitrogen and oxygen atoms in total. The van der Waals surface area contributed by atoms with Gasteiger partial charge in [0.15, 0.2) is 11.6 Å². The van der Waals surface area contributed by atoms with Crippen molar-refractivity contribution in [2.24, 2.45) is 0 Å². The molecule has 0 bridgehead atoms. The van der Waals surface area contributed by atoms with Crippen LogP contribution in [0.5, 0.6) is 0 Å². The van der Waals surface area contributed by atoms with E-state index in [4.69, 9.17) is 4.42 Å². The zero-order valence-electron chi connectivity index (χ0n) is 12.3. The highest BCUT2D eigenvalue weighted by Crippen LogP contribution is 2.32. The van der Waals surface area contributed by atoms with Gasteiger partial charge in [0, 0.05) is 24.5 Å². The SMILES string of the molecule is O=C(c1ccco1)N1CCC[C@@H]1c1nc(-c2ccncc2)n[nH]1. The second kappa shape index (κ2) is 5.68. The molecule has 4 heterocycles. The molecule has 0 aliphatic carbocycles. The number of hydrogen-bond donors (Lipinski definition) is 1. The van der Waals surface area contributed by atoms with Gasteiger partial charge < -0.3 is 9.32 Å². The fraction of sp³-hybridized carbons (Fsp3) is 0.250. The number of pyridine rings is 1. The van der Waals surface area contributed by atoms with Crippen molar-refractivity contribution in [2.75, 3.05) is 6.54 Å². The third-order valence-corrected chi connectivity index (χ3v) is 4.00. The van der Waals surface area contributed by atoms with Crippen molar-refractivity contribution in [3.05, 3.63) is 54.5 Å². The summed E-state index contributed by atoms with van der Waals surface area (Å²) in [5.74, 6) is 1.55. The molecule has 0 unspecified atom stereocenters. The Morgan fingerprint density at radius 1 is 1.30 bits per heavy atom. The van der Waals surface area contributed by atoms with Crippen molar-refractivity contribution >= 4 is 5.91 Å². The van der Waals surface area contributed by atoms with Crippen LogP contribution < -0.4 is 0 Å². The van der Waals surface area contributed by atoms with Gasteiger partial charge in [-0.3, -0.25) is 14.9 Å². The molecule has 0 spiro atoms. The fourth-order valence-electron chi connectivity index (χ4n) is 2.89. The molecule has 1 saturated heterocycles. The number of hydrogen-bond acceptors (Lipinski definition) is 5. The van der Waals surface area contributed by atoms with Gasteiger partial charge in [0.2, 0.25) is 0 Å². The van der Waals surface area contributed by atoms with Gasteiger partial charge in [-0.15, -0.1) is 0 Å². The number of rotatable bonds is 3. The molecule has 1 N–H and O–H groups in total. The summed E-state index contributed by atoms with van der Waals surface area (Å²) in [4.78, 5) is 22.9. The maximum absolute atomic E-state index is 12.5. The smallest absolute Gasteiger partial charge is 0.290 e. The van der Waals surface area contributed by atoms with E-state index in [2.05, 4.69) is 20.2 Å². The van der Waals surface area contributed by atoms with Crippen LogP contribution >= 0.6 is 0 Å². The van der Waals surface area contributed by atoms with E-state index in [0.29, 0.717) is 24.0 Å². The molecule has 0 aromatic carbocycles. The monoisotopic (exact) mass is 309 g/mol. The second-order valence-corrected chi connectivity index (χ2v) is 5.41. The van der Waals surface area contributed by atoms with Crippen molar-refractivity contribution in [3.8, 4) is 11.4 Å². The number of likely N-dealkylation sites (tertiary alicyclic amines) is 1. The Kier molecular flexibility index (Phi) is 3.38. The summed E-state index contributed by atoms with van der Waals surface area (Å²) < 4.78 is 5.22. The number of nitrogens with one attached hydrogen (secondary N) is 1. The summed E-state index contributed by atoms with van der Waals surface area (Å²) in [6.45, 7) is 0.690. The average Bonchev–Trinajstić information content (AvgIpc) is 3.35. The van der Waals surface area contributed by atoms with Crippen LogP contribution in [0.1, 0.15) is 35.3 Å². The van der Waals surface area contributed by atoms with Gasteiger partial charge in [0.25, 0.3) is 5.91 Å². The number of nitrogens with zero attached hydrogens (tertiary/aromatic N) is 4. The number of aromatic nitrogens is 4.